The van der Waals surface area contributed by atoms with Gasteiger partial charge in [-0.15, -0.1) is 0 Å². The number of fused-ring (bicyclic) bond motifs is 1. The molecule has 1 aliphatic heterocycles. The minimum absolute atomic E-state index is 0.0652. The van der Waals surface area contributed by atoms with Crippen molar-refractivity contribution in [1.29, 1.82) is 0 Å². The molecule has 0 saturated heterocycles. The highest BCUT2D eigenvalue weighted by Gasteiger charge is 2.35. The van der Waals surface area contributed by atoms with Crippen LogP contribution >= 0.6 is 0 Å². The first-order valence-corrected chi connectivity index (χ1v) is 8.83. The highest BCUT2D eigenvalue weighted by Crippen LogP contribution is 2.39. The summed E-state index contributed by atoms with van der Waals surface area (Å²) in [7, 11) is -2.51. The lowest BCUT2D eigenvalue weighted by Crippen LogP contribution is -2.29. The third kappa shape index (κ3) is 2.50. The minimum Gasteiger partial charge on any atom is -0.496 e. The SMILES string of the molecule is COc1ccc(S(=O)(=O)N2C[C@H](C)c3ccccc32)cc1C(=O)O. The van der Waals surface area contributed by atoms with E-state index in [-0.39, 0.29) is 22.1 Å². The molecule has 1 atom stereocenters. The summed E-state index contributed by atoms with van der Waals surface area (Å²) >= 11 is 0. The molecule has 0 unspecified atom stereocenters. The Labute approximate surface area is 140 Å². The van der Waals surface area contributed by atoms with E-state index >= 15 is 0 Å². The molecule has 126 valence electrons. The van der Waals surface area contributed by atoms with Gasteiger partial charge in [0.15, 0.2) is 0 Å². The van der Waals surface area contributed by atoms with Gasteiger partial charge in [0, 0.05) is 12.5 Å². The van der Waals surface area contributed by atoms with Crippen LogP contribution in [0.5, 0.6) is 5.75 Å². The maximum absolute atomic E-state index is 13.0. The fraction of sp³-hybridized carbons (Fsp3) is 0.235. The number of hydrogen-bond donors (Lipinski definition) is 1. The molecule has 0 aliphatic carbocycles. The number of sulfonamides is 1. The number of hydrogen-bond acceptors (Lipinski definition) is 4. The van der Waals surface area contributed by atoms with Crippen LogP contribution in [0.3, 0.4) is 0 Å². The Hall–Kier alpha value is -2.54. The van der Waals surface area contributed by atoms with Crippen LogP contribution in [0.4, 0.5) is 5.69 Å². The molecule has 0 fully saturated rings. The van der Waals surface area contributed by atoms with Gasteiger partial charge in [0.25, 0.3) is 10.0 Å². The van der Waals surface area contributed by atoms with Gasteiger partial charge in [-0.2, -0.15) is 0 Å². The van der Waals surface area contributed by atoms with Crippen LogP contribution in [-0.4, -0.2) is 33.1 Å². The van der Waals surface area contributed by atoms with Gasteiger partial charge in [0.2, 0.25) is 0 Å². The number of rotatable bonds is 4. The lowest BCUT2D eigenvalue weighted by Gasteiger charge is -2.20. The quantitative estimate of drug-likeness (QED) is 0.919. The molecule has 1 aliphatic rings. The average molecular weight is 347 g/mol. The lowest BCUT2D eigenvalue weighted by molar-refractivity contribution is 0.0693. The molecule has 2 aromatic rings. The molecule has 7 heteroatoms. The minimum atomic E-state index is -3.85. The molecular weight excluding hydrogens is 330 g/mol. The molecule has 0 amide bonds. The Morgan fingerprint density at radius 3 is 2.62 bits per heavy atom. The molecule has 24 heavy (non-hydrogen) atoms. The van der Waals surface area contributed by atoms with Gasteiger partial charge in [-0.1, -0.05) is 25.1 Å². The summed E-state index contributed by atoms with van der Waals surface area (Å²) in [5, 5.41) is 9.26. The second-order valence-corrected chi connectivity index (χ2v) is 7.53. The van der Waals surface area contributed by atoms with Crippen molar-refractivity contribution in [2.75, 3.05) is 18.0 Å². The number of benzene rings is 2. The van der Waals surface area contributed by atoms with E-state index in [0.29, 0.717) is 12.2 Å². The maximum Gasteiger partial charge on any atom is 0.339 e. The van der Waals surface area contributed by atoms with E-state index in [9.17, 15) is 18.3 Å². The predicted molar refractivity (Wildman–Crippen MR) is 89.3 cm³/mol. The van der Waals surface area contributed by atoms with Crippen molar-refractivity contribution in [1.82, 2.24) is 0 Å². The number of aromatic carboxylic acids is 1. The van der Waals surface area contributed by atoms with Crippen LogP contribution in [0.1, 0.15) is 28.8 Å². The molecular formula is C17H17NO5S. The Bertz CT molecular complexity index is 907. The van der Waals surface area contributed by atoms with E-state index in [1.165, 1.54) is 23.5 Å². The topological polar surface area (TPSA) is 83.9 Å². The maximum atomic E-state index is 13.0. The summed E-state index contributed by atoms with van der Waals surface area (Å²) in [6.45, 7) is 2.29. The fourth-order valence-electron chi connectivity index (χ4n) is 2.95. The summed E-state index contributed by atoms with van der Waals surface area (Å²) in [6, 6.07) is 11.2. The summed E-state index contributed by atoms with van der Waals surface area (Å²) in [5.41, 5.74) is 1.42. The number of carbonyl (C=O) groups is 1. The first-order chi connectivity index (χ1) is 11.4. The summed E-state index contributed by atoms with van der Waals surface area (Å²) in [6.07, 6.45) is 0. The van der Waals surface area contributed by atoms with Crippen LogP contribution in [-0.2, 0) is 10.0 Å². The molecule has 0 bridgehead atoms. The van der Waals surface area contributed by atoms with E-state index in [2.05, 4.69) is 0 Å². The largest absolute Gasteiger partial charge is 0.496 e. The number of nitrogens with zero attached hydrogens (tertiary/aromatic N) is 1. The van der Waals surface area contributed by atoms with Crippen molar-refractivity contribution < 1.29 is 23.1 Å². The van der Waals surface area contributed by atoms with Gasteiger partial charge >= 0.3 is 5.97 Å². The summed E-state index contributed by atoms with van der Waals surface area (Å²) in [4.78, 5) is 11.3. The van der Waals surface area contributed by atoms with E-state index in [1.54, 1.807) is 12.1 Å². The first-order valence-electron chi connectivity index (χ1n) is 7.39. The number of carboxylic acids is 1. The van der Waals surface area contributed by atoms with Crippen molar-refractivity contribution in [3.63, 3.8) is 0 Å². The van der Waals surface area contributed by atoms with Gasteiger partial charge in [-0.05, 0) is 29.8 Å². The molecule has 3 rings (SSSR count). The standard InChI is InChI=1S/C17H17NO5S/c1-11-10-18(15-6-4-3-5-13(11)15)24(21,22)12-7-8-16(23-2)14(9-12)17(19)20/h3-9,11H,10H2,1-2H3,(H,19,20)/t11-/m0/s1. The second-order valence-electron chi connectivity index (χ2n) is 5.66. The van der Waals surface area contributed by atoms with Gasteiger partial charge in [0.05, 0.1) is 17.7 Å². The van der Waals surface area contributed by atoms with Gasteiger partial charge in [-0.3, -0.25) is 4.31 Å². The lowest BCUT2D eigenvalue weighted by atomic mass is 10.0. The van der Waals surface area contributed by atoms with Crippen LogP contribution in [0, 0.1) is 0 Å². The van der Waals surface area contributed by atoms with Crippen molar-refractivity contribution in [2.24, 2.45) is 0 Å². The zero-order chi connectivity index (χ0) is 17.5. The van der Waals surface area contributed by atoms with Crippen LogP contribution < -0.4 is 9.04 Å². The highest BCUT2D eigenvalue weighted by molar-refractivity contribution is 7.92. The zero-order valence-electron chi connectivity index (χ0n) is 13.3. The highest BCUT2D eigenvalue weighted by atomic mass is 32.2. The van der Waals surface area contributed by atoms with Gasteiger partial charge < -0.3 is 9.84 Å². The number of para-hydroxylation sites is 1. The Kier molecular flexibility index (Phi) is 3.96. The Balaban J connectivity index is 2.10. The molecule has 0 saturated carbocycles. The van der Waals surface area contributed by atoms with E-state index in [0.717, 1.165) is 11.6 Å². The van der Waals surface area contributed by atoms with Crippen LogP contribution in [0.15, 0.2) is 47.4 Å². The fourth-order valence-corrected chi connectivity index (χ4v) is 4.55. The summed E-state index contributed by atoms with van der Waals surface area (Å²) in [5.74, 6) is -1.04. The van der Waals surface area contributed by atoms with E-state index < -0.39 is 16.0 Å². The van der Waals surface area contributed by atoms with E-state index in [4.69, 9.17) is 4.74 Å². The van der Waals surface area contributed by atoms with Crippen molar-refractivity contribution in [3.05, 3.63) is 53.6 Å². The molecule has 2 aromatic carbocycles. The Morgan fingerprint density at radius 2 is 1.96 bits per heavy atom. The number of carboxylic acid groups (broad SMARTS) is 1. The molecule has 1 heterocycles. The van der Waals surface area contributed by atoms with Crippen molar-refractivity contribution in [3.8, 4) is 5.75 Å². The zero-order valence-corrected chi connectivity index (χ0v) is 14.1. The molecule has 0 radical (unpaired) electrons. The van der Waals surface area contributed by atoms with Gasteiger partial charge in [-0.25, -0.2) is 13.2 Å². The number of ether oxygens (including phenoxy) is 1. The number of methoxy groups -OCH3 is 1. The second kappa shape index (κ2) is 5.83. The van der Waals surface area contributed by atoms with Gasteiger partial charge in [0.1, 0.15) is 11.3 Å². The molecule has 0 spiro atoms. The molecule has 0 aromatic heterocycles. The van der Waals surface area contributed by atoms with Crippen molar-refractivity contribution >= 4 is 21.7 Å². The monoisotopic (exact) mass is 347 g/mol. The van der Waals surface area contributed by atoms with E-state index in [1.807, 2.05) is 19.1 Å². The normalized spacial score (nSPS) is 16.8. The predicted octanol–water partition coefficient (Wildman–Crippen LogP) is 2.71. The summed E-state index contributed by atoms with van der Waals surface area (Å²) < 4.78 is 32.3. The Morgan fingerprint density at radius 1 is 1.25 bits per heavy atom. The number of anilines is 1. The third-order valence-corrected chi connectivity index (χ3v) is 5.94. The third-order valence-electron chi connectivity index (χ3n) is 4.17. The first kappa shape index (κ1) is 16.3. The van der Waals surface area contributed by atoms with Crippen LogP contribution in [0.2, 0.25) is 0 Å². The molecule has 1 N–H and O–H groups in total. The van der Waals surface area contributed by atoms with Crippen LogP contribution in [0.25, 0.3) is 0 Å². The average Bonchev–Trinajstić information content (AvgIpc) is 2.92. The smallest absolute Gasteiger partial charge is 0.339 e. The van der Waals surface area contributed by atoms with Crippen molar-refractivity contribution in [2.45, 2.75) is 17.7 Å². The molecule has 6 nitrogen and oxygen atoms in total.